The summed E-state index contributed by atoms with van der Waals surface area (Å²) in [6.45, 7) is 9.34. The van der Waals surface area contributed by atoms with Gasteiger partial charge in [0, 0.05) is 0 Å². The van der Waals surface area contributed by atoms with Gasteiger partial charge in [0.05, 0.1) is 5.60 Å². The minimum atomic E-state index is -1.32. The first kappa shape index (κ1) is 9.72. The van der Waals surface area contributed by atoms with Gasteiger partial charge in [-0.2, -0.15) is 0 Å². The lowest BCUT2D eigenvalue weighted by atomic mass is 9.88. The Kier molecular flexibility index (Phi) is 2.12. The van der Waals surface area contributed by atoms with Crippen LogP contribution in [0.3, 0.4) is 0 Å². The van der Waals surface area contributed by atoms with Crippen LogP contribution in [-0.2, 0) is 4.43 Å². The molecule has 1 nitrogen and oxygen atoms in total. The Morgan fingerprint density at radius 3 is 2.46 bits per heavy atom. The van der Waals surface area contributed by atoms with E-state index in [9.17, 15) is 0 Å². The molecule has 0 spiro atoms. The van der Waals surface area contributed by atoms with Crippen LogP contribution in [-0.4, -0.2) is 13.9 Å². The van der Waals surface area contributed by atoms with Crippen LogP contribution in [0.15, 0.2) is 0 Å². The van der Waals surface area contributed by atoms with Crippen molar-refractivity contribution < 1.29 is 4.43 Å². The molecule has 0 bridgehead atoms. The second-order valence-electron chi connectivity index (χ2n) is 5.90. The summed E-state index contributed by atoms with van der Waals surface area (Å²) in [5, 5.41) is 0. The quantitative estimate of drug-likeness (QED) is 0.618. The maximum Gasteiger partial charge on any atom is 0.184 e. The number of hydrogen-bond acceptors (Lipinski definition) is 1. The summed E-state index contributed by atoms with van der Waals surface area (Å²) in [5.74, 6) is 1.74. The minimum absolute atomic E-state index is 0.350. The van der Waals surface area contributed by atoms with Crippen molar-refractivity contribution in [3.05, 3.63) is 0 Å². The van der Waals surface area contributed by atoms with Crippen LogP contribution in [0.1, 0.15) is 32.6 Å². The molecule has 0 aliphatic heterocycles. The van der Waals surface area contributed by atoms with Crippen LogP contribution in [0, 0.1) is 11.8 Å². The van der Waals surface area contributed by atoms with Crippen LogP contribution in [0.4, 0.5) is 0 Å². The fourth-order valence-electron chi connectivity index (χ4n) is 2.99. The molecule has 0 heterocycles. The van der Waals surface area contributed by atoms with Gasteiger partial charge in [-0.1, -0.05) is 13.3 Å². The minimum Gasteiger partial charge on any atom is -0.412 e. The van der Waals surface area contributed by atoms with E-state index in [0.29, 0.717) is 5.60 Å². The zero-order valence-electron chi connectivity index (χ0n) is 9.39. The van der Waals surface area contributed by atoms with Gasteiger partial charge in [0.15, 0.2) is 8.32 Å². The molecule has 2 fully saturated rings. The molecule has 2 saturated carbocycles. The van der Waals surface area contributed by atoms with Crippen molar-refractivity contribution in [3.63, 3.8) is 0 Å². The standard InChI is InChI=1S/C11H22OSi/c1-9-6-5-7-10-8-11(9,10)12-13(2,3)4/h9-10H,5-8H2,1-4H3. The monoisotopic (exact) mass is 198 g/mol. The molecule has 0 N–H and O–H groups in total. The molecular formula is C11H22OSi. The molecule has 0 amide bonds. The molecule has 0 aromatic carbocycles. The Morgan fingerprint density at radius 1 is 1.23 bits per heavy atom. The van der Waals surface area contributed by atoms with E-state index in [-0.39, 0.29) is 0 Å². The van der Waals surface area contributed by atoms with E-state index in [0.717, 1.165) is 11.8 Å². The van der Waals surface area contributed by atoms with Gasteiger partial charge >= 0.3 is 0 Å². The zero-order chi connectivity index (χ0) is 9.69. The molecule has 2 aliphatic carbocycles. The van der Waals surface area contributed by atoms with Crippen LogP contribution in [0.25, 0.3) is 0 Å². The SMILES string of the molecule is CC1CCCC2CC12O[Si](C)(C)C. The number of fused-ring (bicyclic) bond motifs is 1. The van der Waals surface area contributed by atoms with E-state index in [1.807, 2.05) is 0 Å². The summed E-state index contributed by atoms with van der Waals surface area (Å²) in [6.07, 6.45) is 5.61. The predicted molar refractivity (Wildman–Crippen MR) is 58.3 cm³/mol. The summed E-state index contributed by atoms with van der Waals surface area (Å²) in [4.78, 5) is 0. The Labute approximate surface area is 83.0 Å². The van der Waals surface area contributed by atoms with Gasteiger partial charge in [0.1, 0.15) is 0 Å². The first-order valence-corrected chi connectivity index (χ1v) is 9.05. The molecule has 2 heteroatoms. The average molecular weight is 198 g/mol. The third-order valence-corrected chi connectivity index (χ3v) is 4.61. The molecule has 0 aromatic heterocycles. The van der Waals surface area contributed by atoms with Gasteiger partial charge in [0.2, 0.25) is 0 Å². The van der Waals surface area contributed by atoms with Crippen molar-refractivity contribution >= 4 is 8.32 Å². The van der Waals surface area contributed by atoms with Crippen LogP contribution in [0.5, 0.6) is 0 Å². The lowest BCUT2D eigenvalue weighted by molar-refractivity contribution is 0.0683. The first-order chi connectivity index (χ1) is 5.94. The molecule has 13 heavy (non-hydrogen) atoms. The normalized spacial score (nSPS) is 44.3. The fraction of sp³-hybridized carbons (Fsp3) is 1.00. The van der Waals surface area contributed by atoms with Gasteiger partial charge < -0.3 is 4.43 Å². The highest BCUT2D eigenvalue weighted by Gasteiger charge is 2.60. The lowest BCUT2D eigenvalue weighted by Crippen LogP contribution is -2.40. The van der Waals surface area contributed by atoms with E-state index < -0.39 is 8.32 Å². The highest BCUT2D eigenvalue weighted by molar-refractivity contribution is 6.69. The van der Waals surface area contributed by atoms with Gasteiger partial charge in [-0.3, -0.25) is 0 Å². The summed E-state index contributed by atoms with van der Waals surface area (Å²) < 4.78 is 6.39. The van der Waals surface area contributed by atoms with Crippen molar-refractivity contribution in [2.45, 2.75) is 57.8 Å². The molecule has 2 rings (SSSR count). The smallest absolute Gasteiger partial charge is 0.184 e. The van der Waals surface area contributed by atoms with E-state index >= 15 is 0 Å². The summed E-state index contributed by atoms with van der Waals surface area (Å²) in [5.41, 5.74) is 0.350. The molecule has 0 aromatic rings. The number of hydrogen-bond donors (Lipinski definition) is 0. The molecule has 76 valence electrons. The molecule has 3 unspecified atom stereocenters. The summed E-state index contributed by atoms with van der Waals surface area (Å²) in [6, 6.07) is 0. The third kappa shape index (κ3) is 1.71. The molecule has 0 saturated heterocycles. The summed E-state index contributed by atoms with van der Waals surface area (Å²) in [7, 11) is -1.32. The van der Waals surface area contributed by atoms with Gasteiger partial charge in [-0.15, -0.1) is 0 Å². The largest absolute Gasteiger partial charge is 0.412 e. The van der Waals surface area contributed by atoms with Gasteiger partial charge in [0.25, 0.3) is 0 Å². The highest BCUT2D eigenvalue weighted by atomic mass is 28.4. The van der Waals surface area contributed by atoms with Crippen LogP contribution in [0.2, 0.25) is 19.6 Å². The van der Waals surface area contributed by atoms with E-state index in [1.165, 1.54) is 25.7 Å². The Morgan fingerprint density at radius 2 is 1.92 bits per heavy atom. The number of rotatable bonds is 2. The second kappa shape index (κ2) is 2.83. The van der Waals surface area contributed by atoms with Crippen molar-refractivity contribution in [1.82, 2.24) is 0 Å². The Bertz CT molecular complexity index is 209. The van der Waals surface area contributed by atoms with Crippen molar-refractivity contribution in [3.8, 4) is 0 Å². The molecular weight excluding hydrogens is 176 g/mol. The van der Waals surface area contributed by atoms with Crippen LogP contribution >= 0.6 is 0 Å². The van der Waals surface area contributed by atoms with E-state index in [4.69, 9.17) is 4.43 Å². The van der Waals surface area contributed by atoms with Crippen molar-refractivity contribution in [1.29, 1.82) is 0 Å². The van der Waals surface area contributed by atoms with Crippen LogP contribution < -0.4 is 0 Å². The average Bonchev–Trinajstić information content (AvgIpc) is 2.60. The zero-order valence-corrected chi connectivity index (χ0v) is 10.4. The van der Waals surface area contributed by atoms with Crippen molar-refractivity contribution in [2.75, 3.05) is 0 Å². The molecule has 0 radical (unpaired) electrons. The first-order valence-electron chi connectivity index (χ1n) is 5.64. The van der Waals surface area contributed by atoms with Crippen molar-refractivity contribution in [2.24, 2.45) is 11.8 Å². The van der Waals surface area contributed by atoms with Gasteiger partial charge in [-0.05, 0) is 50.7 Å². The van der Waals surface area contributed by atoms with E-state index in [1.54, 1.807) is 0 Å². The topological polar surface area (TPSA) is 9.23 Å². The molecule has 3 atom stereocenters. The van der Waals surface area contributed by atoms with E-state index in [2.05, 4.69) is 26.6 Å². The fourth-order valence-corrected chi connectivity index (χ4v) is 4.58. The second-order valence-corrected chi connectivity index (χ2v) is 10.3. The molecule has 2 aliphatic rings. The Balaban J connectivity index is 2.05. The maximum atomic E-state index is 6.39. The third-order valence-electron chi connectivity index (χ3n) is 3.62. The highest BCUT2D eigenvalue weighted by Crippen LogP contribution is 2.59. The summed E-state index contributed by atoms with van der Waals surface area (Å²) >= 11 is 0. The lowest BCUT2D eigenvalue weighted by Gasteiger charge is -2.35. The predicted octanol–water partition coefficient (Wildman–Crippen LogP) is 3.42. The van der Waals surface area contributed by atoms with Gasteiger partial charge in [-0.25, -0.2) is 0 Å². The Hall–Kier alpha value is 0.177. The maximum absolute atomic E-state index is 6.39.